The molecule has 2 aliphatic carbocycles. The maximum absolute atomic E-state index is 12.9. The van der Waals surface area contributed by atoms with Crippen LogP contribution >= 0.6 is 0 Å². The highest BCUT2D eigenvalue weighted by Crippen LogP contribution is 2.47. The van der Waals surface area contributed by atoms with Crippen molar-refractivity contribution < 1.29 is 23.9 Å². The van der Waals surface area contributed by atoms with Crippen molar-refractivity contribution in [2.75, 3.05) is 7.11 Å². The van der Waals surface area contributed by atoms with Gasteiger partial charge in [0, 0.05) is 12.3 Å². The van der Waals surface area contributed by atoms with Gasteiger partial charge in [0.25, 0.3) is 0 Å². The highest BCUT2D eigenvalue weighted by atomic mass is 16.5. The van der Waals surface area contributed by atoms with Gasteiger partial charge in [-0.05, 0) is 49.3 Å². The van der Waals surface area contributed by atoms with Crippen LogP contribution in [0.4, 0.5) is 10.5 Å². The van der Waals surface area contributed by atoms with E-state index in [1.807, 2.05) is 0 Å². The van der Waals surface area contributed by atoms with Gasteiger partial charge >= 0.3 is 12.0 Å². The minimum atomic E-state index is -1.17. The number of hydrogen-bond acceptors (Lipinski definition) is 6. The van der Waals surface area contributed by atoms with Crippen LogP contribution < -0.4 is 5.32 Å². The summed E-state index contributed by atoms with van der Waals surface area (Å²) < 4.78 is 4.67. The van der Waals surface area contributed by atoms with Crippen molar-refractivity contribution in [2.24, 2.45) is 22.7 Å². The van der Waals surface area contributed by atoms with Crippen LogP contribution in [0.15, 0.2) is 29.3 Å². The third kappa shape index (κ3) is 3.19. The average Bonchev–Trinajstić information content (AvgIpc) is 3.30. The van der Waals surface area contributed by atoms with Gasteiger partial charge in [-0.15, -0.1) is 0 Å². The van der Waals surface area contributed by atoms with Crippen LogP contribution in [-0.4, -0.2) is 48.1 Å². The lowest BCUT2D eigenvalue weighted by Gasteiger charge is -2.36. The Morgan fingerprint density at radius 1 is 1.25 bits per heavy atom. The SMILES string of the molecule is COC(=O)c1cccc(N=C[C@@H]2C(=O)NC(=O)N([C@@H]3C[C@H]4CC[C@H]3C4)C2=O)c1. The maximum Gasteiger partial charge on any atom is 0.337 e. The van der Waals surface area contributed by atoms with E-state index >= 15 is 0 Å². The quantitative estimate of drug-likeness (QED) is 0.487. The van der Waals surface area contributed by atoms with Crippen LogP contribution in [0.25, 0.3) is 0 Å². The Morgan fingerprint density at radius 3 is 2.75 bits per heavy atom. The second-order valence-electron chi connectivity index (χ2n) is 7.54. The van der Waals surface area contributed by atoms with Gasteiger partial charge in [-0.2, -0.15) is 0 Å². The molecule has 1 aromatic carbocycles. The molecule has 0 radical (unpaired) electrons. The van der Waals surface area contributed by atoms with Gasteiger partial charge in [-0.3, -0.25) is 24.8 Å². The number of nitrogens with one attached hydrogen (secondary N) is 1. The fourth-order valence-electron chi connectivity index (χ4n) is 4.57. The number of nitrogens with zero attached hydrogens (tertiary/aromatic N) is 2. The standard InChI is InChI=1S/C20H21N3O5/c1-28-19(26)13-3-2-4-14(9-13)21-10-15-17(24)22-20(27)23(18(15)25)16-8-11-5-6-12(16)7-11/h2-4,9-12,15-16H,5-8H2,1H3,(H,22,24,27)/t11-,12-,15+,16+/m0/s1. The van der Waals surface area contributed by atoms with Crippen molar-refractivity contribution in [1.29, 1.82) is 0 Å². The van der Waals surface area contributed by atoms with E-state index in [9.17, 15) is 19.2 Å². The number of esters is 1. The van der Waals surface area contributed by atoms with Gasteiger partial charge < -0.3 is 4.74 Å². The molecular weight excluding hydrogens is 362 g/mol. The fraction of sp³-hybridized carbons (Fsp3) is 0.450. The summed E-state index contributed by atoms with van der Waals surface area (Å²) in [5.74, 6) is -2.00. The number of methoxy groups -OCH3 is 1. The van der Waals surface area contributed by atoms with E-state index in [4.69, 9.17) is 0 Å². The van der Waals surface area contributed by atoms with Gasteiger partial charge in [0.1, 0.15) is 0 Å². The predicted molar refractivity (Wildman–Crippen MR) is 99.0 cm³/mol. The first-order chi connectivity index (χ1) is 13.5. The molecule has 4 rings (SSSR count). The second-order valence-corrected chi connectivity index (χ2v) is 7.54. The molecule has 1 aliphatic heterocycles. The number of barbiturate groups is 1. The summed E-state index contributed by atoms with van der Waals surface area (Å²) in [6.07, 6.45) is 5.24. The Kier molecular flexibility index (Phi) is 4.70. The van der Waals surface area contributed by atoms with Crippen molar-refractivity contribution in [2.45, 2.75) is 31.7 Å². The first kappa shape index (κ1) is 18.3. The summed E-state index contributed by atoms with van der Waals surface area (Å²) in [6.45, 7) is 0. The lowest BCUT2D eigenvalue weighted by atomic mass is 9.92. The van der Waals surface area contributed by atoms with Gasteiger partial charge in [0.2, 0.25) is 11.8 Å². The Morgan fingerprint density at radius 2 is 2.07 bits per heavy atom. The molecule has 3 fully saturated rings. The summed E-state index contributed by atoms with van der Waals surface area (Å²) in [4.78, 5) is 54.5. The molecule has 1 heterocycles. The number of aliphatic imine (C=N–C) groups is 1. The first-order valence-corrected chi connectivity index (χ1v) is 9.38. The summed E-state index contributed by atoms with van der Waals surface area (Å²) >= 11 is 0. The molecule has 8 heteroatoms. The molecule has 2 saturated carbocycles. The molecule has 0 unspecified atom stereocenters. The number of fused-ring (bicyclic) bond motifs is 2. The first-order valence-electron chi connectivity index (χ1n) is 9.38. The molecule has 3 aliphatic rings. The highest BCUT2D eigenvalue weighted by molar-refractivity contribution is 6.23. The predicted octanol–water partition coefficient (Wildman–Crippen LogP) is 2.06. The van der Waals surface area contributed by atoms with Crippen LogP contribution in [-0.2, 0) is 14.3 Å². The van der Waals surface area contributed by atoms with E-state index in [1.165, 1.54) is 24.3 Å². The van der Waals surface area contributed by atoms with E-state index in [-0.39, 0.29) is 6.04 Å². The third-order valence-electron chi connectivity index (χ3n) is 5.91. The third-order valence-corrected chi connectivity index (χ3v) is 5.91. The van der Waals surface area contributed by atoms with Gasteiger partial charge in [-0.1, -0.05) is 12.5 Å². The number of urea groups is 1. The molecule has 4 atom stereocenters. The van der Waals surface area contributed by atoms with Crippen molar-refractivity contribution in [3.63, 3.8) is 0 Å². The zero-order valence-electron chi connectivity index (χ0n) is 15.5. The summed E-state index contributed by atoms with van der Waals surface area (Å²) in [5.41, 5.74) is 0.724. The number of hydrogen-bond donors (Lipinski definition) is 1. The fourth-order valence-corrected chi connectivity index (χ4v) is 4.57. The molecule has 146 valence electrons. The Bertz CT molecular complexity index is 880. The van der Waals surface area contributed by atoms with Crippen molar-refractivity contribution in [3.05, 3.63) is 29.8 Å². The Hall–Kier alpha value is -3.03. The van der Waals surface area contributed by atoms with Crippen LogP contribution in [0.5, 0.6) is 0 Å². The molecule has 1 saturated heterocycles. The van der Waals surface area contributed by atoms with Gasteiger partial charge in [0.15, 0.2) is 5.92 Å². The Labute approximate surface area is 161 Å². The normalized spacial score (nSPS) is 29.5. The van der Waals surface area contributed by atoms with E-state index in [0.29, 0.717) is 23.1 Å². The topological polar surface area (TPSA) is 105 Å². The molecule has 8 nitrogen and oxygen atoms in total. The van der Waals surface area contributed by atoms with E-state index < -0.39 is 29.7 Å². The maximum atomic E-state index is 12.9. The van der Waals surface area contributed by atoms with E-state index in [1.54, 1.807) is 18.2 Å². The summed E-state index contributed by atoms with van der Waals surface area (Å²) in [7, 11) is 1.28. The number of rotatable bonds is 4. The Balaban J connectivity index is 1.54. The van der Waals surface area contributed by atoms with E-state index in [2.05, 4.69) is 15.0 Å². The minimum Gasteiger partial charge on any atom is -0.465 e. The summed E-state index contributed by atoms with van der Waals surface area (Å²) in [6, 6.07) is 5.59. The summed E-state index contributed by atoms with van der Waals surface area (Å²) in [5, 5.41) is 2.28. The van der Waals surface area contributed by atoms with E-state index in [0.717, 1.165) is 25.7 Å². The monoisotopic (exact) mass is 383 g/mol. The van der Waals surface area contributed by atoms with Gasteiger partial charge in [-0.25, -0.2) is 9.59 Å². The molecule has 1 N–H and O–H groups in total. The average molecular weight is 383 g/mol. The minimum absolute atomic E-state index is 0.141. The van der Waals surface area contributed by atoms with Gasteiger partial charge in [0.05, 0.1) is 18.4 Å². The lowest BCUT2D eigenvalue weighted by molar-refractivity contribution is -0.141. The number of benzene rings is 1. The number of amides is 4. The van der Waals surface area contributed by atoms with Crippen molar-refractivity contribution >= 4 is 35.7 Å². The van der Waals surface area contributed by atoms with Crippen molar-refractivity contribution in [3.8, 4) is 0 Å². The zero-order chi connectivity index (χ0) is 19.8. The van der Waals surface area contributed by atoms with Crippen LogP contribution in [0, 0.1) is 17.8 Å². The molecule has 0 aromatic heterocycles. The molecule has 28 heavy (non-hydrogen) atoms. The molecule has 1 aromatic rings. The smallest absolute Gasteiger partial charge is 0.337 e. The molecular formula is C20H21N3O5. The second kappa shape index (κ2) is 7.18. The van der Waals surface area contributed by atoms with Crippen LogP contribution in [0.1, 0.15) is 36.0 Å². The van der Waals surface area contributed by atoms with Crippen LogP contribution in [0.3, 0.4) is 0 Å². The van der Waals surface area contributed by atoms with Crippen LogP contribution in [0.2, 0.25) is 0 Å². The number of carbonyl (C=O) groups excluding carboxylic acids is 4. The zero-order valence-corrected chi connectivity index (χ0v) is 15.5. The number of imide groups is 2. The largest absolute Gasteiger partial charge is 0.465 e. The highest BCUT2D eigenvalue weighted by Gasteiger charge is 2.50. The molecule has 0 spiro atoms. The number of ether oxygens (including phenoxy) is 1. The van der Waals surface area contributed by atoms with Crippen molar-refractivity contribution in [1.82, 2.24) is 10.2 Å². The molecule has 2 bridgehead atoms. The lowest BCUT2D eigenvalue weighted by Crippen LogP contribution is -2.62. The molecule has 4 amide bonds. The number of carbonyl (C=O) groups is 4.